The van der Waals surface area contributed by atoms with Crippen LogP contribution in [0.5, 0.6) is 0 Å². The Morgan fingerprint density at radius 3 is 2.00 bits per heavy atom. The monoisotopic (exact) mass is 254 g/mol. The van der Waals surface area contributed by atoms with Gasteiger partial charge in [0.25, 0.3) is 0 Å². The lowest BCUT2D eigenvalue weighted by Crippen LogP contribution is -2.31. The molecule has 0 aliphatic heterocycles. The van der Waals surface area contributed by atoms with Gasteiger partial charge in [0, 0.05) is 5.75 Å². The fraction of sp³-hybridized carbons (Fsp3) is 1.00. The van der Waals surface area contributed by atoms with Crippen LogP contribution in [-0.2, 0) is 0 Å². The second-order valence-corrected chi connectivity index (χ2v) is 5.16. The molecular weight excluding hydrogens is 243 g/mol. The summed E-state index contributed by atoms with van der Waals surface area (Å²) in [5, 5.41) is -4.64. The van der Waals surface area contributed by atoms with Crippen LogP contribution in [0.1, 0.15) is 26.2 Å². The highest BCUT2D eigenvalue weighted by Crippen LogP contribution is 2.49. The fourth-order valence-corrected chi connectivity index (χ4v) is 2.55. The third-order valence-corrected chi connectivity index (χ3v) is 3.82. The molecule has 0 unspecified atom stereocenters. The summed E-state index contributed by atoms with van der Waals surface area (Å²) < 4.78 is 59.4. The van der Waals surface area contributed by atoms with Gasteiger partial charge in [-0.2, -0.15) is 22.0 Å². The van der Waals surface area contributed by atoms with E-state index in [1.165, 1.54) is 0 Å². The molecule has 0 rings (SSSR count). The average Bonchev–Trinajstić information content (AvgIpc) is 2.02. The first-order valence-electron chi connectivity index (χ1n) is 4.06. The zero-order chi connectivity index (χ0) is 11.2. The summed E-state index contributed by atoms with van der Waals surface area (Å²) in [5.74, 6) is 0.324. The first-order valence-corrected chi connectivity index (χ1v) is 6.38. The lowest BCUT2D eigenvalue weighted by atomic mass is 10.3. The summed E-state index contributed by atoms with van der Waals surface area (Å²) in [6.07, 6.45) is -3.01. The number of halogens is 5. The van der Waals surface area contributed by atoms with Crippen molar-refractivity contribution in [1.29, 1.82) is 0 Å². The van der Waals surface area contributed by atoms with Crippen LogP contribution < -0.4 is 0 Å². The van der Waals surface area contributed by atoms with Gasteiger partial charge in [-0.15, -0.1) is 0 Å². The molecule has 0 amide bonds. The quantitative estimate of drug-likeness (QED) is 0.382. The Bertz CT molecular complexity index is 157. The highest BCUT2D eigenvalue weighted by Gasteiger charge is 2.58. The van der Waals surface area contributed by atoms with Gasteiger partial charge in [-0.1, -0.05) is 30.6 Å². The molecule has 0 aromatic rings. The van der Waals surface area contributed by atoms with E-state index < -0.39 is 22.2 Å². The summed E-state index contributed by atoms with van der Waals surface area (Å²) >= 11 is 0. The van der Waals surface area contributed by atoms with Gasteiger partial charge < -0.3 is 0 Å². The van der Waals surface area contributed by atoms with Crippen molar-refractivity contribution >= 4 is 21.6 Å². The Hall–Kier alpha value is 0.350. The maximum atomic E-state index is 12.3. The number of unbranched alkanes of at least 4 members (excludes halogenated alkanes) is 2. The molecule has 0 N–H and O–H groups in total. The molecule has 0 aliphatic rings. The third kappa shape index (κ3) is 5.29. The minimum atomic E-state index is -5.45. The molecule has 0 saturated heterocycles. The molecule has 0 aromatic carbocycles. The number of rotatable bonds is 6. The molecule has 0 bridgehead atoms. The van der Waals surface area contributed by atoms with Gasteiger partial charge in [0.15, 0.2) is 0 Å². The Morgan fingerprint density at radius 2 is 1.57 bits per heavy atom. The summed E-state index contributed by atoms with van der Waals surface area (Å²) in [7, 11) is 0.168. The van der Waals surface area contributed by atoms with Crippen LogP contribution in [-0.4, -0.2) is 17.2 Å². The van der Waals surface area contributed by atoms with Gasteiger partial charge in [-0.05, 0) is 17.2 Å². The summed E-state index contributed by atoms with van der Waals surface area (Å²) in [4.78, 5) is 0. The van der Waals surface area contributed by atoms with E-state index in [9.17, 15) is 22.0 Å². The molecule has 0 fully saturated rings. The van der Waals surface area contributed by atoms with Crippen molar-refractivity contribution in [3.8, 4) is 0 Å². The molecule has 86 valence electrons. The maximum absolute atomic E-state index is 12.3. The van der Waals surface area contributed by atoms with Crippen LogP contribution in [0.4, 0.5) is 22.0 Å². The topological polar surface area (TPSA) is 0 Å². The molecule has 7 heteroatoms. The number of alkyl halides is 5. The molecule has 0 radical (unpaired) electrons. The smallest absolute Gasteiger partial charge is 0.183 e. The number of hydrogen-bond donors (Lipinski definition) is 0. The van der Waals surface area contributed by atoms with Crippen LogP contribution in [0, 0.1) is 0 Å². The normalized spacial score (nSPS) is 13.3. The van der Waals surface area contributed by atoms with Gasteiger partial charge in [0.1, 0.15) is 0 Å². The average molecular weight is 254 g/mol. The Labute approximate surface area is 87.4 Å². The zero-order valence-corrected chi connectivity index (χ0v) is 9.17. The van der Waals surface area contributed by atoms with E-state index in [4.69, 9.17) is 0 Å². The van der Waals surface area contributed by atoms with Crippen molar-refractivity contribution in [3.63, 3.8) is 0 Å². The van der Waals surface area contributed by atoms with Crippen molar-refractivity contribution < 1.29 is 22.0 Å². The lowest BCUT2D eigenvalue weighted by molar-refractivity contribution is -0.237. The largest absolute Gasteiger partial charge is 0.464 e. The van der Waals surface area contributed by atoms with E-state index in [-0.39, 0.29) is 0 Å². The summed E-state index contributed by atoms with van der Waals surface area (Å²) in [6, 6.07) is 0. The fourth-order valence-electron chi connectivity index (χ4n) is 0.574. The molecule has 0 aliphatic carbocycles. The Balaban J connectivity index is 3.67. The van der Waals surface area contributed by atoms with E-state index in [1.54, 1.807) is 0 Å². The van der Waals surface area contributed by atoms with Crippen molar-refractivity contribution in [1.82, 2.24) is 0 Å². The Kier molecular flexibility index (Phi) is 6.20. The molecule has 0 nitrogen and oxygen atoms in total. The SMILES string of the molecule is CCCCCSSC(F)(F)C(F)(F)F. The van der Waals surface area contributed by atoms with Gasteiger partial charge in [-0.25, -0.2) is 0 Å². The zero-order valence-electron chi connectivity index (χ0n) is 7.53. The predicted octanol–water partition coefficient (Wildman–Crippen LogP) is 4.71. The maximum Gasteiger partial charge on any atom is 0.464 e. The molecule has 0 saturated carbocycles. The van der Waals surface area contributed by atoms with E-state index in [0.717, 1.165) is 12.8 Å². The third-order valence-electron chi connectivity index (χ3n) is 1.32. The van der Waals surface area contributed by atoms with Crippen molar-refractivity contribution in [2.75, 3.05) is 5.75 Å². The standard InChI is InChI=1S/C7H11F5S2/c1-2-3-4-5-13-14-7(11,12)6(8,9)10/h2-5H2,1H3. The molecule has 14 heavy (non-hydrogen) atoms. The highest BCUT2D eigenvalue weighted by molar-refractivity contribution is 8.77. The molecule has 0 heterocycles. The van der Waals surface area contributed by atoms with Crippen molar-refractivity contribution in [2.24, 2.45) is 0 Å². The van der Waals surface area contributed by atoms with Crippen molar-refractivity contribution in [2.45, 2.75) is 37.6 Å². The highest BCUT2D eigenvalue weighted by atomic mass is 33.1. The van der Waals surface area contributed by atoms with E-state index in [2.05, 4.69) is 0 Å². The van der Waals surface area contributed by atoms with Gasteiger partial charge in [-0.3, -0.25) is 0 Å². The molecule has 0 aromatic heterocycles. The van der Waals surface area contributed by atoms with Crippen LogP contribution in [0.2, 0.25) is 0 Å². The predicted molar refractivity (Wildman–Crippen MR) is 50.6 cm³/mol. The second-order valence-electron chi connectivity index (χ2n) is 2.63. The van der Waals surface area contributed by atoms with Gasteiger partial charge >= 0.3 is 11.4 Å². The Morgan fingerprint density at radius 1 is 1.00 bits per heavy atom. The minimum Gasteiger partial charge on any atom is -0.183 e. The number of hydrogen-bond acceptors (Lipinski definition) is 2. The van der Waals surface area contributed by atoms with E-state index >= 15 is 0 Å². The van der Waals surface area contributed by atoms with Gasteiger partial charge in [0.2, 0.25) is 0 Å². The van der Waals surface area contributed by atoms with Crippen LogP contribution in [0.15, 0.2) is 0 Å². The lowest BCUT2D eigenvalue weighted by Gasteiger charge is -2.17. The first kappa shape index (κ1) is 14.3. The van der Waals surface area contributed by atoms with Gasteiger partial charge in [0.05, 0.1) is 0 Å². The first-order chi connectivity index (χ1) is 6.31. The molecule has 0 atom stereocenters. The summed E-state index contributed by atoms with van der Waals surface area (Å²) in [5.41, 5.74) is 0. The van der Waals surface area contributed by atoms with Crippen LogP contribution in [0.25, 0.3) is 0 Å². The molecular formula is C7H11F5S2. The van der Waals surface area contributed by atoms with E-state index in [0.29, 0.717) is 23.0 Å². The van der Waals surface area contributed by atoms with E-state index in [1.807, 2.05) is 6.92 Å². The minimum absolute atomic E-state index is 0.324. The molecule has 0 spiro atoms. The van der Waals surface area contributed by atoms with Crippen molar-refractivity contribution in [3.05, 3.63) is 0 Å². The van der Waals surface area contributed by atoms with Crippen LogP contribution in [0.3, 0.4) is 0 Å². The summed E-state index contributed by atoms with van der Waals surface area (Å²) in [6.45, 7) is 1.93. The second kappa shape index (κ2) is 6.05. The van der Waals surface area contributed by atoms with Crippen LogP contribution >= 0.6 is 21.6 Å².